The van der Waals surface area contributed by atoms with Crippen molar-refractivity contribution in [3.63, 3.8) is 0 Å². The zero-order valence-electron chi connectivity index (χ0n) is 22.8. The lowest BCUT2D eigenvalue weighted by molar-refractivity contribution is -0.113. The number of hydrogen-bond donors (Lipinski definition) is 1. The average molecular weight is 570 g/mol. The molecule has 0 aliphatic heterocycles. The van der Waals surface area contributed by atoms with Gasteiger partial charge < -0.3 is 10.1 Å². The molecule has 1 amide bonds. The molecule has 2 heterocycles. The van der Waals surface area contributed by atoms with Crippen molar-refractivity contribution in [2.75, 3.05) is 17.7 Å². The number of aromatic nitrogens is 4. The van der Waals surface area contributed by atoms with Crippen LogP contribution in [-0.4, -0.2) is 38.0 Å². The minimum absolute atomic E-state index is 0.116. The molecule has 0 fully saturated rings. The monoisotopic (exact) mass is 569 g/mol. The lowest BCUT2D eigenvalue weighted by Gasteiger charge is -2.10. The van der Waals surface area contributed by atoms with Crippen LogP contribution in [0.15, 0.2) is 84.5 Å². The number of rotatable bonds is 11. The molecule has 5 aromatic rings. The van der Waals surface area contributed by atoms with Gasteiger partial charge in [-0.05, 0) is 79.1 Å². The van der Waals surface area contributed by atoms with Crippen molar-refractivity contribution in [3.05, 3.63) is 84.9 Å². The Morgan fingerprint density at radius 1 is 1.07 bits per heavy atom. The first-order chi connectivity index (χ1) is 19.4. The van der Waals surface area contributed by atoms with Gasteiger partial charge in [-0.15, -0.1) is 28.1 Å². The standard InChI is InChI=1S/C31H31N5O2S2/c1-5-16-36-29(22-9-13-25(14-10-22)38-18-20(2)3)34-35-31(36)39-19-28(37)32-24-11-7-23(8-12-24)30-33-26-15-6-21(4)17-27(26)40-30/h5-15,17,20H,1,16,18-19H2,2-4H3,(H,32,37). The van der Waals surface area contributed by atoms with E-state index in [1.54, 1.807) is 17.4 Å². The van der Waals surface area contributed by atoms with Crippen molar-refractivity contribution in [3.8, 4) is 27.7 Å². The molecule has 0 atom stereocenters. The van der Waals surface area contributed by atoms with Crippen LogP contribution in [0.5, 0.6) is 5.75 Å². The van der Waals surface area contributed by atoms with Gasteiger partial charge in [0.05, 0.1) is 22.6 Å². The van der Waals surface area contributed by atoms with Crippen molar-refractivity contribution < 1.29 is 9.53 Å². The summed E-state index contributed by atoms with van der Waals surface area (Å²) >= 11 is 3.01. The molecular weight excluding hydrogens is 539 g/mol. The largest absolute Gasteiger partial charge is 0.493 e. The molecule has 0 radical (unpaired) electrons. The molecule has 204 valence electrons. The Kier molecular flexibility index (Phi) is 8.62. The number of allylic oxidation sites excluding steroid dienone is 1. The molecule has 0 unspecified atom stereocenters. The van der Waals surface area contributed by atoms with E-state index >= 15 is 0 Å². The summed E-state index contributed by atoms with van der Waals surface area (Å²) in [6.45, 7) is 11.4. The molecule has 2 aromatic heterocycles. The Morgan fingerprint density at radius 3 is 2.55 bits per heavy atom. The summed E-state index contributed by atoms with van der Waals surface area (Å²) in [6.07, 6.45) is 1.80. The highest BCUT2D eigenvalue weighted by molar-refractivity contribution is 7.99. The van der Waals surface area contributed by atoms with Crippen LogP contribution in [0.2, 0.25) is 0 Å². The minimum atomic E-state index is -0.116. The van der Waals surface area contributed by atoms with E-state index in [0.29, 0.717) is 24.2 Å². The number of carbonyl (C=O) groups excluding carboxylic acids is 1. The molecule has 9 heteroatoms. The Bertz CT molecular complexity index is 1620. The third kappa shape index (κ3) is 6.60. The summed E-state index contributed by atoms with van der Waals surface area (Å²) in [5.74, 6) is 2.09. The zero-order chi connectivity index (χ0) is 28.1. The summed E-state index contributed by atoms with van der Waals surface area (Å²) in [4.78, 5) is 17.5. The van der Waals surface area contributed by atoms with Crippen molar-refractivity contribution in [1.82, 2.24) is 19.7 Å². The van der Waals surface area contributed by atoms with E-state index in [-0.39, 0.29) is 11.7 Å². The number of aryl methyl sites for hydroxylation is 1. The predicted molar refractivity (Wildman–Crippen MR) is 165 cm³/mol. The topological polar surface area (TPSA) is 81.9 Å². The second-order valence-corrected chi connectivity index (χ2v) is 11.8. The molecule has 0 aliphatic carbocycles. The van der Waals surface area contributed by atoms with Crippen LogP contribution in [0.4, 0.5) is 5.69 Å². The molecule has 1 N–H and O–H groups in total. The van der Waals surface area contributed by atoms with E-state index in [2.05, 4.69) is 61.1 Å². The minimum Gasteiger partial charge on any atom is -0.493 e. The molecule has 0 aliphatic rings. The maximum Gasteiger partial charge on any atom is 0.234 e. The Labute approximate surface area is 242 Å². The fraction of sp³-hybridized carbons (Fsp3) is 0.226. The first-order valence-electron chi connectivity index (χ1n) is 13.1. The highest BCUT2D eigenvalue weighted by Crippen LogP contribution is 2.31. The van der Waals surface area contributed by atoms with Gasteiger partial charge in [0.15, 0.2) is 11.0 Å². The van der Waals surface area contributed by atoms with E-state index in [1.807, 2.05) is 53.1 Å². The summed E-state index contributed by atoms with van der Waals surface area (Å²) < 4.78 is 8.92. The van der Waals surface area contributed by atoms with Gasteiger partial charge in [-0.25, -0.2) is 4.98 Å². The van der Waals surface area contributed by atoms with Gasteiger partial charge in [-0.3, -0.25) is 9.36 Å². The van der Waals surface area contributed by atoms with Crippen LogP contribution in [-0.2, 0) is 11.3 Å². The van der Waals surface area contributed by atoms with Gasteiger partial charge in [0, 0.05) is 23.4 Å². The first kappa shape index (κ1) is 27.6. The number of nitrogens with one attached hydrogen (secondary N) is 1. The number of thioether (sulfide) groups is 1. The SMILES string of the molecule is C=CCn1c(SCC(=O)Nc2ccc(-c3nc4ccc(C)cc4s3)cc2)nnc1-c1ccc(OCC(C)C)cc1. The molecule has 0 saturated carbocycles. The van der Waals surface area contributed by atoms with Crippen molar-refractivity contribution in [2.24, 2.45) is 5.92 Å². The number of carbonyl (C=O) groups is 1. The van der Waals surface area contributed by atoms with E-state index in [9.17, 15) is 4.79 Å². The average Bonchev–Trinajstić information content (AvgIpc) is 3.55. The molecular formula is C31H31N5O2S2. The van der Waals surface area contributed by atoms with E-state index < -0.39 is 0 Å². The second kappa shape index (κ2) is 12.5. The van der Waals surface area contributed by atoms with Gasteiger partial charge in [-0.2, -0.15) is 0 Å². The van der Waals surface area contributed by atoms with Crippen LogP contribution in [0, 0.1) is 12.8 Å². The van der Waals surface area contributed by atoms with E-state index in [4.69, 9.17) is 9.72 Å². The van der Waals surface area contributed by atoms with Crippen molar-refractivity contribution in [2.45, 2.75) is 32.5 Å². The van der Waals surface area contributed by atoms with Crippen LogP contribution < -0.4 is 10.1 Å². The van der Waals surface area contributed by atoms with Crippen LogP contribution in [0.3, 0.4) is 0 Å². The van der Waals surface area contributed by atoms with E-state index in [0.717, 1.165) is 38.9 Å². The number of hydrogen-bond acceptors (Lipinski definition) is 7. The van der Waals surface area contributed by atoms with Gasteiger partial charge in [-0.1, -0.05) is 37.8 Å². The molecule has 0 saturated heterocycles. The van der Waals surface area contributed by atoms with Gasteiger partial charge in [0.2, 0.25) is 5.91 Å². The molecule has 0 bridgehead atoms. The number of fused-ring (bicyclic) bond motifs is 1. The number of nitrogens with zero attached hydrogens (tertiary/aromatic N) is 4. The molecule has 40 heavy (non-hydrogen) atoms. The fourth-order valence-corrected chi connectivity index (χ4v) is 5.86. The number of thiazole rings is 1. The van der Waals surface area contributed by atoms with Crippen LogP contribution >= 0.6 is 23.1 Å². The van der Waals surface area contributed by atoms with Crippen molar-refractivity contribution in [1.29, 1.82) is 0 Å². The normalized spacial score (nSPS) is 11.2. The molecule has 3 aromatic carbocycles. The highest BCUT2D eigenvalue weighted by Gasteiger charge is 2.16. The van der Waals surface area contributed by atoms with E-state index in [1.165, 1.54) is 22.0 Å². The van der Waals surface area contributed by atoms with Gasteiger partial charge >= 0.3 is 0 Å². The number of anilines is 1. The lowest BCUT2D eigenvalue weighted by atomic mass is 10.2. The summed E-state index contributed by atoms with van der Waals surface area (Å²) in [7, 11) is 0. The molecule has 7 nitrogen and oxygen atoms in total. The predicted octanol–water partition coefficient (Wildman–Crippen LogP) is 7.48. The van der Waals surface area contributed by atoms with Crippen molar-refractivity contribution >= 4 is 44.9 Å². The summed E-state index contributed by atoms with van der Waals surface area (Å²) in [6, 6.07) is 21.9. The Balaban J connectivity index is 1.21. The van der Waals surface area contributed by atoms with Gasteiger partial charge in [0.25, 0.3) is 0 Å². The fourth-order valence-electron chi connectivity index (χ4n) is 4.04. The molecule has 5 rings (SSSR count). The van der Waals surface area contributed by atoms with Crippen LogP contribution in [0.25, 0.3) is 32.2 Å². The summed E-state index contributed by atoms with van der Waals surface area (Å²) in [5.41, 5.74) is 4.90. The number of ether oxygens (including phenoxy) is 1. The Morgan fingerprint density at radius 2 is 1.82 bits per heavy atom. The maximum absolute atomic E-state index is 12.7. The third-order valence-electron chi connectivity index (χ3n) is 6.02. The summed E-state index contributed by atoms with van der Waals surface area (Å²) in [5, 5.41) is 13.3. The number of benzene rings is 3. The quantitative estimate of drug-likeness (QED) is 0.131. The molecule has 0 spiro atoms. The Hall–Kier alpha value is -3.95. The van der Waals surface area contributed by atoms with Gasteiger partial charge in [0.1, 0.15) is 10.8 Å². The third-order valence-corrected chi connectivity index (χ3v) is 8.05. The smallest absolute Gasteiger partial charge is 0.234 e. The first-order valence-corrected chi connectivity index (χ1v) is 14.9. The van der Waals surface area contributed by atoms with Crippen LogP contribution in [0.1, 0.15) is 19.4 Å². The maximum atomic E-state index is 12.7. The lowest BCUT2D eigenvalue weighted by Crippen LogP contribution is -2.14. The number of amides is 1. The highest BCUT2D eigenvalue weighted by atomic mass is 32.2. The zero-order valence-corrected chi connectivity index (χ0v) is 24.4. The second-order valence-electron chi connectivity index (χ2n) is 9.84.